The number of aromatic nitrogens is 2. The number of imidazole rings is 1. The van der Waals surface area contributed by atoms with Crippen LogP contribution in [0.2, 0.25) is 5.02 Å². The fourth-order valence-corrected chi connectivity index (χ4v) is 1.39. The molecule has 1 aromatic carbocycles. The Labute approximate surface area is 86.0 Å². The van der Waals surface area contributed by atoms with Crippen molar-refractivity contribution in [3.63, 3.8) is 0 Å². The lowest BCUT2D eigenvalue weighted by molar-refractivity contribution is 1.29. The van der Waals surface area contributed by atoms with Gasteiger partial charge in [-0.2, -0.15) is 5.26 Å². The first-order valence-corrected chi connectivity index (χ1v) is 4.39. The molecule has 2 aromatic rings. The molecule has 0 aliphatic heterocycles. The van der Waals surface area contributed by atoms with E-state index in [9.17, 15) is 0 Å². The van der Waals surface area contributed by atoms with Crippen LogP contribution < -0.4 is 0 Å². The SMILES string of the molecule is N#Cc1cnc(-c2ccccc2Cl)[nH]1. The van der Waals surface area contributed by atoms with E-state index in [0.29, 0.717) is 16.5 Å². The summed E-state index contributed by atoms with van der Waals surface area (Å²) in [6.45, 7) is 0. The number of rotatable bonds is 1. The Bertz CT molecular complexity index is 496. The summed E-state index contributed by atoms with van der Waals surface area (Å²) in [7, 11) is 0. The van der Waals surface area contributed by atoms with Gasteiger partial charge in [0.05, 0.1) is 11.2 Å². The molecule has 0 radical (unpaired) electrons. The topological polar surface area (TPSA) is 52.5 Å². The minimum atomic E-state index is 0.430. The maximum atomic E-state index is 8.61. The van der Waals surface area contributed by atoms with Crippen LogP contribution in [0.1, 0.15) is 5.69 Å². The Morgan fingerprint density at radius 1 is 1.36 bits per heavy atom. The van der Waals surface area contributed by atoms with Crippen LogP contribution in [-0.2, 0) is 0 Å². The van der Waals surface area contributed by atoms with Crippen molar-refractivity contribution in [2.45, 2.75) is 0 Å². The number of halogens is 1. The summed E-state index contributed by atoms with van der Waals surface area (Å²) in [6, 6.07) is 9.33. The molecule has 1 aromatic heterocycles. The van der Waals surface area contributed by atoms with E-state index in [1.54, 1.807) is 6.07 Å². The molecule has 0 amide bonds. The molecule has 0 bridgehead atoms. The summed E-state index contributed by atoms with van der Waals surface area (Å²) in [5.74, 6) is 0.618. The molecule has 1 heterocycles. The third kappa shape index (κ3) is 1.48. The van der Waals surface area contributed by atoms with Gasteiger partial charge in [0.2, 0.25) is 0 Å². The minimum Gasteiger partial charge on any atom is -0.330 e. The average molecular weight is 204 g/mol. The summed E-state index contributed by atoms with van der Waals surface area (Å²) in [5.41, 5.74) is 1.23. The maximum absolute atomic E-state index is 8.61. The molecule has 0 aliphatic rings. The predicted octanol–water partition coefficient (Wildman–Crippen LogP) is 2.60. The van der Waals surface area contributed by atoms with Crippen LogP contribution in [0.25, 0.3) is 11.4 Å². The molecule has 3 nitrogen and oxygen atoms in total. The lowest BCUT2D eigenvalue weighted by atomic mass is 10.2. The number of nitrogens with zero attached hydrogens (tertiary/aromatic N) is 2. The lowest BCUT2D eigenvalue weighted by Gasteiger charge is -1.98. The second-order valence-electron chi connectivity index (χ2n) is 2.74. The highest BCUT2D eigenvalue weighted by Gasteiger charge is 2.05. The van der Waals surface area contributed by atoms with Gasteiger partial charge in [-0.15, -0.1) is 0 Å². The van der Waals surface area contributed by atoms with E-state index in [4.69, 9.17) is 16.9 Å². The number of hydrogen-bond donors (Lipinski definition) is 1. The molecule has 0 fully saturated rings. The van der Waals surface area contributed by atoms with Gasteiger partial charge in [-0.05, 0) is 12.1 Å². The minimum absolute atomic E-state index is 0.430. The third-order valence-electron chi connectivity index (χ3n) is 1.83. The fraction of sp³-hybridized carbons (Fsp3) is 0. The summed E-state index contributed by atoms with van der Waals surface area (Å²) in [6.07, 6.45) is 1.48. The quantitative estimate of drug-likeness (QED) is 0.775. The zero-order valence-electron chi connectivity index (χ0n) is 7.16. The molecule has 0 atom stereocenters. The number of benzene rings is 1. The normalized spacial score (nSPS) is 9.71. The molecule has 14 heavy (non-hydrogen) atoms. The van der Waals surface area contributed by atoms with Crippen LogP contribution in [0.4, 0.5) is 0 Å². The number of hydrogen-bond acceptors (Lipinski definition) is 2. The molecule has 4 heteroatoms. The second-order valence-corrected chi connectivity index (χ2v) is 3.14. The first kappa shape index (κ1) is 8.79. The molecule has 0 aliphatic carbocycles. The maximum Gasteiger partial charge on any atom is 0.139 e. The van der Waals surface area contributed by atoms with Gasteiger partial charge in [0.25, 0.3) is 0 Å². The number of H-pyrrole nitrogens is 1. The van der Waals surface area contributed by atoms with Gasteiger partial charge in [-0.1, -0.05) is 23.7 Å². The van der Waals surface area contributed by atoms with E-state index in [0.717, 1.165) is 5.56 Å². The Hall–Kier alpha value is -1.79. The summed E-state index contributed by atoms with van der Waals surface area (Å²) in [4.78, 5) is 6.92. The molecule has 0 saturated heterocycles. The first-order valence-electron chi connectivity index (χ1n) is 4.01. The Morgan fingerprint density at radius 3 is 2.79 bits per heavy atom. The molecular weight excluding hydrogens is 198 g/mol. The number of nitriles is 1. The molecular formula is C10H6ClN3. The highest BCUT2D eigenvalue weighted by Crippen LogP contribution is 2.24. The van der Waals surface area contributed by atoms with Gasteiger partial charge in [0.1, 0.15) is 17.6 Å². The van der Waals surface area contributed by atoms with Crippen LogP contribution in [0.15, 0.2) is 30.5 Å². The van der Waals surface area contributed by atoms with E-state index in [2.05, 4.69) is 9.97 Å². The van der Waals surface area contributed by atoms with E-state index in [1.165, 1.54) is 6.20 Å². The first-order chi connectivity index (χ1) is 6.81. The molecule has 1 N–H and O–H groups in total. The Kier molecular flexibility index (Phi) is 2.21. The van der Waals surface area contributed by atoms with Crippen molar-refractivity contribution in [1.82, 2.24) is 9.97 Å². The monoisotopic (exact) mass is 203 g/mol. The fourth-order valence-electron chi connectivity index (χ4n) is 1.17. The van der Waals surface area contributed by atoms with E-state index >= 15 is 0 Å². The molecule has 0 spiro atoms. The van der Waals surface area contributed by atoms with Gasteiger partial charge < -0.3 is 4.98 Å². The molecule has 68 valence electrons. The van der Waals surface area contributed by atoms with Crippen LogP contribution in [0.5, 0.6) is 0 Å². The van der Waals surface area contributed by atoms with Gasteiger partial charge in [-0.25, -0.2) is 4.98 Å². The van der Waals surface area contributed by atoms with Crippen molar-refractivity contribution >= 4 is 11.6 Å². The second kappa shape index (κ2) is 3.52. The number of nitrogens with one attached hydrogen (secondary N) is 1. The van der Waals surface area contributed by atoms with Gasteiger partial charge in [0.15, 0.2) is 0 Å². The molecule has 0 saturated carbocycles. The summed E-state index contributed by atoms with van der Waals surface area (Å²) < 4.78 is 0. The number of aromatic amines is 1. The van der Waals surface area contributed by atoms with Crippen molar-refractivity contribution in [2.24, 2.45) is 0 Å². The Morgan fingerprint density at radius 2 is 2.14 bits per heavy atom. The highest BCUT2D eigenvalue weighted by molar-refractivity contribution is 6.33. The lowest BCUT2D eigenvalue weighted by Crippen LogP contribution is -1.81. The summed E-state index contributed by atoms with van der Waals surface area (Å²) in [5, 5.41) is 9.23. The van der Waals surface area contributed by atoms with Crippen molar-refractivity contribution in [1.29, 1.82) is 5.26 Å². The zero-order valence-corrected chi connectivity index (χ0v) is 7.92. The van der Waals surface area contributed by atoms with Crippen molar-refractivity contribution < 1.29 is 0 Å². The average Bonchev–Trinajstić information content (AvgIpc) is 2.67. The van der Waals surface area contributed by atoms with Crippen LogP contribution >= 0.6 is 11.6 Å². The highest BCUT2D eigenvalue weighted by atomic mass is 35.5. The third-order valence-corrected chi connectivity index (χ3v) is 2.15. The standard InChI is InChI=1S/C10H6ClN3/c11-9-4-2-1-3-8(9)10-13-6-7(5-12)14-10/h1-4,6H,(H,13,14). The molecule has 2 rings (SSSR count). The van der Waals surface area contributed by atoms with Gasteiger partial charge in [0, 0.05) is 5.56 Å². The zero-order chi connectivity index (χ0) is 9.97. The van der Waals surface area contributed by atoms with Crippen LogP contribution in [0.3, 0.4) is 0 Å². The van der Waals surface area contributed by atoms with Gasteiger partial charge in [-0.3, -0.25) is 0 Å². The van der Waals surface area contributed by atoms with Crippen LogP contribution in [-0.4, -0.2) is 9.97 Å². The smallest absolute Gasteiger partial charge is 0.139 e. The van der Waals surface area contributed by atoms with Crippen LogP contribution in [0, 0.1) is 11.3 Å². The van der Waals surface area contributed by atoms with E-state index in [-0.39, 0.29) is 0 Å². The summed E-state index contributed by atoms with van der Waals surface area (Å²) >= 11 is 5.97. The predicted molar refractivity (Wildman–Crippen MR) is 53.7 cm³/mol. The largest absolute Gasteiger partial charge is 0.330 e. The van der Waals surface area contributed by atoms with Crippen molar-refractivity contribution in [3.05, 3.63) is 41.2 Å². The van der Waals surface area contributed by atoms with E-state index < -0.39 is 0 Å². The van der Waals surface area contributed by atoms with Crippen molar-refractivity contribution in [2.75, 3.05) is 0 Å². The van der Waals surface area contributed by atoms with Gasteiger partial charge >= 0.3 is 0 Å². The molecule has 0 unspecified atom stereocenters. The Balaban J connectivity index is 2.51. The van der Waals surface area contributed by atoms with E-state index in [1.807, 2.05) is 24.3 Å². The van der Waals surface area contributed by atoms with Crippen molar-refractivity contribution in [3.8, 4) is 17.5 Å².